The van der Waals surface area contributed by atoms with Crippen molar-refractivity contribution in [2.45, 2.75) is 32.6 Å². The van der Waals surface area contributed by atoms with Crippen LogP contribution in [-0.4, -0.2) is 58.8 Å². The number of nitrogens with one attached hydrogen (secondary N) is 1. The second kappa shape index (κ2) is 6.35. The Bertz CT molecular complexity index is 630. The van der Waals surface area contributed by atoms with E-state index in [1.54, 1.807) is 4.90 Å². The molecular formula is C14H20N6O3. The highest BCUT2D eigenvalue weighted by atomic mass is 16.4. The lowest BCUT2D eigenvalue weighted by Crippen LogP contribution is -2.51. The molecule has 3 heterocycles. The number of amides is 2. The normalized spacial score (nSPS) is 18.9. The van der Waals surface area contributed by atoms with E-state index >= 15 is 0 Å². The molecule has 2 amide bonds. The van der Waals surface area contributed by atoms with E-state index in [-0.39, 0.29) is 17.7 Å². The maximum atomic E-state index is 12.4. The Balaban J connectivity index is 1.57. The molecule has 0 radical (unpaired) electrons. The van der Waals surface area contributed by atoms with E-state index in [2.05, 4.69) is 20.7 Å². The Morgan fingerprint density at radius 1 is 1.17 bits per heavy atom. The summed E-state index contributed by atoms with van der Waals surface area (Å²) in [7, 11) is 0. The Morgan fingerprint density at radius 3 is 2.48 bits per heavy atom. The third-order valence-electron chi connectivity index (χ3n) is 3.91. The van der Waals surface area contributed by atoms with Gasteiger partial charge in [0, 0.05) is 44.9 Å². The molecule has 9 nitrogen and oxygen atoms in total. The molecule has 0 unspecified atom stereocenters. The molecule has 2 aliphatic rings. The summed E-state index contributed by atoms with van der Waals surface area (Å²) in [6.45, 7) is 6.38. The summed E-state index contributed by atoms with van der Waals surface area (Å²) in [6, 6.07) is 0.503. The van der Waals surface area contributed by atoms with E-state index in [1.807, 2.05) is 18.7 Å². The van der Waals surface area contributed by atoms with E-state index in [0.29, 0.717) is 56.6 Å². The van der Waals surface area contributed by atoms with Gasteiger partial charge in [0.1, 0.15) is 5.71 Å². The molecule has 1 saturated heterocycles. The maximum absolute atomic E-state index is 12.4. The number of piperazine rings is 1. The first-order chi connectivity index (χ1) is 11.0. The minimum Gasteiger partial charge on any atom is -0.408 e. The number of hydrogen-bond donors (Lipinski definition) is 1. The van der Waals surface area contributed by atoms with Crippen LogP contribution in [0.5, 0.6) is 0 Å². The largest absolute Gasteiger partial charge is 0.408 e. The summed E-state index contributed by atoms with van der Waals surface area (Å²) in [5.74, 6) is 0.547. The van der Waals surface area contributed by atoms with E-state index in [9.17, 15) is 9.59 Å². The standard InChI is InChI=1S/C14H20N6O3/c1-9(2)12-17-18-14(23-12)20-7-5-19(6-8-20)13(22)10-3-4-11(21)16-15-10/h9H,3-8H2,1-2H3,(H,16,21). The maximum Gasteiger partial charge on any atom is 0.318 e. The van der Waals surface area contributed by atoms with E-state index < -0.39 is 0 Å². The van der Waals surface area contributed by atoms with Gasteiger partial charge >= 0.3 is 6.01 Å². The summed E-state index contributed by atoms with van der Waals surface area (Å²) >= 11 is 0. The minimum absolute atomic E-state index is 0.113. The van der Waals surface area contributed by atoms with Crippen LogP contribution in [-0.2, 0) is 9.59 Å². The first-order valence-corrected chi connectivity index (χ1v) is 7.77. The molecule has 124 valence electrons. The molecule has 23 heavy (non-hydrogen) atoms. The van der Waals surface area contributed by atoms with Crippen LogP contribution < -0.4 is 10.3 Å². The van der Waals surface area contributed by atoms with Gasteiger partial charge in [-0.3, -0.25) is 9.59 Å². The fraction of sp³-hybridized carbons (Fsp3) is 0.643. The first kappa shape index (κ1) is 15.4. The zero-order chi connectivity index (χ0) is 16.4. The summed E-state index contributed by atoms with van der Waals surface area (Å²) in [4.78, 5) is 27.2. The summed E-state index contributed by atoms with van der Waals surface area (Å²) in [6.07, 6.45) is 0.705. The molecule has 0 bridgehead atoms. The number of nitrogens with zero attached hydrogens (tertiary/aromatic N) is 5. The summed E-state index contributed by atoms with van der Waals surface area (Å²) in [5, 5.41) is 11.9. The zero-order valence-corrected chi connectivity index (χ0v) is 13.3. The van der Waals surface area contributed by atoms with E-state index in [1.165, 1.54) is 0 Å². The second-order valence-corrected chi connectivity index (χ2v) is 5.95. The molecule has 0 saturated carbocycles. The van der Waals surface area contributed by atoms with Gasteiger partial charge in [0.2, 0.25) is 11.8 Å². The monoisotopic (exact) mass is 320 g/mol. The van der Waals surface area contributed by atoms with Gasteiger partial charge < -0.3 is 14.2 Å². The van der Waals surface area contributed by atoms with Crippen LogP contribution in [0, 0.1) is 0 Å². The highest BCUT2D eigenvalue weighted by Gasteiger charge is 2.28. The van der Waals surface area contributed by atoms with Crippen molar-refractivity contribution in [3.8, 4) is 0 Å². The predicted octanol–water partition coefficient (Wildman–Crippen LogP) is 0.108. The Labute approximate surface area is 133 Å². The number of hydrazone groups is 1. The SMILES string of the molecule is CC(C)c1nnc(N2CCN(C(=O)C3=NNC(=O)CC3)CC2)o1. The third-order valence-corrected chi connectivity index (χ3v) is 3.91. The molecule has 2 aliphatic heterocycles. The van der Waals surface area contributed by atoms with Crippen molar-refractivity contribution < 1.29 is 14.0 Å². The Morgan fingerprint density at radius 2 is 1.91 bits per heavy atom. The molecule has 0 aromatic carbocycles. The fourth-order valence-electron chi connectivity index (χ4n) is 2.50. The molecule has 1 N–H and O–H groups in total. The van der Waals surface area contributed by atoms with Crippen LogP contribution in [0.4, 0.5) is 6.01 Å². The Kier molecular flexibility index (Phi) is 4.26. The molecule has 3 rings (SSSR count). The van der Waals surface area contributed by atoms with Gasteiger partial charge in [-0.05, 0) is 0 Å². The number of anilines is 1. The van der Waals surface area contributed by atoms with Crippen molar-refractivity contribution in [2.24, 2.45) is 5.10 Å². The number of carbonyl (C=O) groups excluding carboxylic acids is 2. The molecule has 1 fully saturated rings. The van der Waals surface area contributed by atoms with Crippen LogP contribution in [0.3, 0.4) is 0 Å². The molecule has 0 aliphatic carbocycles. The van der Waals surface area contributed by atoms with Crippen molar-refractivity contribution in [3.63, 3.8) is 0 Å². The van der Waals surface area contributed by atoms with Gasteiger partial charge in [-0.2, -0.15) is 5.10 Å². The van der Waals surface area contributed by atoms with Gasteiger partial charge in [0.25, 0.3) is 5.91 Å². The van der Waals surface area contributed by atoms with Gasteiger partial charge in [0.05, 0.1) is 0 Å². The van der Waals surface area contributed by atoms with Crippen LogP contribution >= 0.6 is 0 Å². The van der Waals surface area contributed by atoms with Crippen molar-refractivity contribution >= 4 is 23.5 Å². The zero-order valence-electron chi connectivity index (χ0n) is 13.3. The lowest BCUT2D eigenvalue weighted by molar-refractivity contribution is -0.124. The van der Waals surface area contributed by atoms with Gasteiger partial charge in [-0.25, -0.2) is 5.43 Å². The van der Waals surface area contributed by atoms with E-state index in [0.717, 1.165) is 0 Å². The number of aromatic nitrogens is 2. The third kappa shape index (κ3) is 3.33. The molecule has 1 aromatic heterocycles. The molecule has 0 atom stereocenters. The van der Waals surface area contributed by atoms with Crippen LogP contribution in [0.1, 0.15) is 38.5 Å². The van der Waals surface area contributed by atoms with Crippen molar-refractivity contribution in [2.75, 3.05) is 31.1 Å². The first-order valence-electron chi connectivity index (χ1n) is 7.77. The van der Waals surface area contributed by atoms with Gasteiger partial charge in [-0.1, -0.05) is 18.9 Å². The average molecular weight is 320 g/mol. The minimum atomic E-state index is -0.149. The second-order valence-electron chi connectivity index (χ2n) is 5.95. The number of hydrogen-bond acceptors (Lipinski definition) is 7. The van der Waals surface area contributed by atoms with Crippen LogP contribution in [0.2, 0.25) is 0 Å². The Hall–Kier alpha value is -2.45. The highest BCUT2D eigenvalue weighted by molar-refractivity contribution is 6.39. The molecule has 9 heteroatoms. The van der Waals surface area contributed by atoms with Crippen molar-refractivity contribution in [1.29, 1.82) is 0 Å². The number of carbonyl (C=O) groups is 2. The lowest BCUT2D eigenvalue weighted by Gasteiger charge is -2.34. The van der Waals surface area contributed by atoms with Crippen molar-refractivity contribution in [3.05, 3.63) is 5.89 Å². The van der Waals surface area contributed by atoms with Gasteiger partial charge in [0.15, 0.2) is 0 Å². The van der Waals surface area contributed by atoms with E-state index in [4.69, 9.17) is 4.42 Å². The smallest absolute Gasteiger partial charge is 0.318 e. The van der Waals surface area contributed by atoms with Crippen LogP contribution in [0.25, 0.3) is 0 Å². The number of rotatable bonds is 3. The average Bonchev–Trinajstić information content (AvgIpc) is 3.05. The summed E-state index contributed by atoms with van der Waals surface area (Å²) in [5.41, 5.74) is 2.77. The topological polar surface area (TPSA) is 104 Å². The predicted molar refractivity (Wildman–Crippen MR) is 82.0 cm³/mol. The van der Waals surface area contributed by atoms with Crippen LogP contribution in [0.15, 0.2) is 9.52 Å². The quantitative estimate of drug-likeness (QED) is 0.847. The molecule has 0 spiro atoms. The molecule has 1 aromatic rings. The lowest BCUT2D eigenvalue weighted by atomic mass is 10.1. The van der Waals surface area contributed by atoms with Crippen molar-refractivity contribution in [1.82, 2.24) is 20.5 Å². The van der Waals surface area contributed by atoms with Gasteiger partial charge in [-0.15, -0.1) is 5.10 Å². The fourth-order valence-corrected chi connectivity index (χ4v) is 2.50. The highest BCUT2D eigenvalue weighted by Crippen LogP contribution is 2.19. The summed E-state index contributed by atoms with van der Waals surface area (Å²) < 4.78 is 5.64. The molecular weight excluding hydrogens is 300 g/mol.